The average Bonchev–Trinajstić information content (AvgIpc) is 2.68. The van der Waals surface area contributed by atoms with Crippen LogP contribution in [0.5, 0.6) is 0 Å². The van der Waals surface area contributed by atoms with Gasteiger partial charge in [0.1, 0.15) is 18.0 Å². The van der Waals surface area contributed by atoms with Gasteiger partial charge in [-0.05, 0) is 31.9 Å². The van der Waals surface area contributed by atoms with E-state index in [1.807, 2.05) is 56.3 Å². The standard InChI is InChI=1S/C20H25N7/c1-14-20(25-17-7-5-4-6-16(17)23-14)27-10-8-15(9-11-27)24-18-12-19(26(2)3)22-13-21-18/h4-7,12-13,15H,8-11H2,1-3H3,(H,21,22,24). The Morgan fingerprint density at radius 2 is 1.74 bits per heavy atom. The molecule has 1 saturated heterocycles. The van der Waals surface area contributed by atoms with Crippen molar-refractivity contribution in [2.75, 3.05) is 42.3 Å². The summed E-state index contributed by atoms with van der Waals surface area (Å²) >= 11 is 0. The van der Waals surface area contributed by atoms with Crippen LogP contribution in [0.15, 0.2) is 36.7 Å². The molecule has 0 bridgehead atoms. The molecule has 2 aromatic heterocycles. The number of hydrogen-bond acceptors (Lipinski definition) is 7. The van der Waals surface area contributed by atoms with Gasteiger partial charge in [0.05, 0.1) is 16.7 Å². The number of anilines is 3. The summed E-state index contributed by atoms with van der Waals surface area (Å²) in [6.45, 7) is 3.96. The van der Waals surface area contributed by atoms with E-state index in [-0.39, 0.29) is 0 Å². The van der Waals surface area contributed by atoms with E-state index >= 15 is 0 Å². The van der Waals surface area contributed by atoms with Crippen LogP contribution in [0, 0.1) is 6.92 Å². The Hall–Kier alpha value is -2.96. The fourth-order valence-corrected chi connectivity index (χ4v) is 3.49. The molecule has 27 heavy (non-hydrogen) atoms. The number of aryl methyl sites for hydroxylation is 1. The number of benzene rings is 1. The van der Waals surface area contributed by atoms with E-state index in [1.54, 1.807) is 6.33 Å². The first-order valence-corrected chi connectivity index (χ1v) is 9.34. The van der Waals surface area contributed by atoms with Crippen molar-refractivity contribution < 1.29 is 0 Å². The predicted molar refractivity (Wildman–Crippen MR) is 109 cm³/mol. The quantitative estimate of drug-likeness (QED) is 0.764. The number of piperidine rings is 1. The first-order valence-electron chi connectivity index (χ1n) is 9.34. The highest BCUT2D eigenvalue weighted by atomic mass is 15.2. The van der Waals surface area contributed by atoms with Gasteiger partial charge in [0.25, 0.3) is 0 Å². The number of rotatable bonds is 4. The smallest absolute Gasteiger partial charge is 0.150 e. The van der Waals surface area contributed by atoms with Crippen LogP contribution in [-0.2, 0) is 0 Å². The van der Waals surface area contributed by atoms with E-state index < -0.39 is 0 Å². The molecule has 0 atom stereocenters. The summed E-state index contributed by atoms with van der Waals surface area (Å²) in [4.78, 5) is 22.5. The highest BCUT2D eigenvalue weighted by molar-refractivity contribution is 5.76. The van der Waals surface area contributed by atoms with E-state index in [0.717, 1.165) is 60.1 Å². The summed E-state index contributed by atoms with van der Waals surface area (Å²) in [6.07, 6.45) is 3.69. The third-order valence-electron chi connectivity index (χ3n) is 4.98. The molecular formula is C20H25N7. The van der Waals surface area contributed by atoms with Gasteiger partial charge in [-0.25, -0.2) is 19.9 Å². The maximum Gasteiger partial charge on any atom is 0.150 e. The number of nitrogens with zero attached hydrogens (tertiary/aromatic N) is 6. The largest absolute Gasteiger partial charge is 0.367 e. The third-order valence-corrected chi connectivity index (χ3v) is 4.98. The molecule has 0 spiro atoms. The topological polar surface area (TPSA) is 70.1 Å². The Morgan fingerprint density at radius 3 is 2.44 bits per heavy atom. The molecule has 1 N–H and O–H groups in total. The van der Waals surface area contributed by atoms with Crippen molar-refractivity contribution in [1.29, 1.82) is 0 Å². The average molecular weight is 363 g/mol. The van der Waals surface area contributed by atoms with Crippen molar-refractivity contribution in [2.45, 2.75) is 25.8 Å². The van der Waals surface area contributed by atoms with Gasteiger partial charge in [0.2, 0.25) is 0 Å². The Morgan fingerprint density at radius 1 is 1.04 bits per heavy atom. The maximum absolute atomic E-state index is 4.86. The highest BCUT2D eigenvalue weighted by Gasteiger charge is 2.22. The summed E-state index contributed by atoms with van der Waals surface area (Å²) in [5.41, 5.74) is 2.90. The van der Waals surface area contributed by atoms with Crippen LogP contribution in [0.25, 0.3) is 11.0 Å². The predicted octanol–water partition coefficient (Wildman–Crippen LogP) is 2.88. The van der Waals surface area contributed by atoms with Crippen LogP contribution >= 0.6 is 0 Å². The second kappa shape index (κ2) is 7.34. The van der Waals surface area contributed by atoms with Crippen LogP contribution in [0.4, 0.5) is 17.5 Å². The van der Waals surface area contributed by atoms with Crippen LogP contribution in [0.2, 0.25) is 0 Å². The van der Waals surface area contributed by atoms with Gasteiger partial charge >= 0.3 is 0 Å². The minimum absolute atomic E-state index is 0.403. The fraction of sp³-hybridized carbons (Fsp3) is 0.400. The molecule has 7 heteroatoms. The van der Waals surface area contributed by atoms with Gasteiger partial charge in [-0.15, -0.1) is 0 Å². The lowest BCUT2D eigenvalue weighted by Crippen LogP contribution is -2.40. The van der Waals surface area contributed by atoms with Crippen molar-refractivity contribution in [3.05, 3.63) is 42.4 Å². The zero-order valence-electron chi connectivity index (χ0n) is 16.1. The van der Waals surface area contributed by atoms with Crippen molar-refractivity contribution >= 4 is 28.5 Å². The summed E-state index contributed by atoms with van der Waals surface area (Å²) in [5.74, 6) is 2.80. The lowest BCUT2D eigenvalue weighted by Gasteiger charge is -2.34. The Balaban J connectivity index is 1.43. The molecular weight excluding hydrogens is 338 g/mol. The molecule has 1 aromatic carbocycles. The molecule has 140 valence electrons. The van der Waals surface area contributed by atoms with E-state index in [4.69, 9.17) is 9.97 Å². The first-order chi connectivity index (χ1) is 13.1. The highest BCUT2D eigenvalue weighted by Crippen LogP contribution is 2.24. The third kappa shape index (κ3) is 3.77. The van der Waals surface area contributed by atoms with Crippen LogP contribution in [0.3, 0.4) is 0 Å². The van der Waals surface area contributed by atoms with Crippen LogP contribution in [0.1, 0.15) is 18.5 Å². The normalized spacial score (nSPS) is 15.1. The minimum atomic E-state index is 0.403. The fourth-order valence-electron chi connectivity index (χ4n) is 3.49. The van der Waals surface area contributed by atoms with Gasteiger partial charge in [0.15, 0.2) is 5.82 Å². The Labute approximate surface area is 159 Å². The molecule has 0 aliphatic carbocycles. The lowest BCUT2D eigenvalue weighted by molar-refractivity contribution is 0.521. The molecule has 0 saturated carbocycles. The molecule has 4 rings (SSSR count). The summed E-state index contributed by atoms with van der Waals surface area (Å²) < 4.78 is 0. The van der Waals surface area contributed by atoms with Gasteiger partial charge in [-0.1, -0.05) is 12.1 Å². The number of fused-ring (bicyclic) bond motifs is 1. The monoisotopic (exact) mass is 363 g/mol. The van der Waals surface area contributed by atoms with Gasteiger partial charge in [-0.3, -0.25) is 0 Å². The lowest BCUT2D eigenvalue weighted by atomic mass is 10.0. The summed E-state index contributed by atoms with van der Waals surface area (Å²) in [6, 6.07) is 10.4. The van der Waals surface area contributed by atoms with E-state index in [1.165, 1.54) is 0 Å². The molecule has 0 unspecified atom stereocenters. The van der Waals surface area contributed by atoms with Crippen LogP contribution < -0.4 is 15.1 Å². The molecule has 1 aliphatic rings. The number of aromatic nitrogens is 4. The van der Waals surface area contributed by atoms with E-state index in [2.05, 4.69) is 20.2 Å². The molecule has 0 radical (unpaired) electrons. The zero-order valence-corrected chi connectivity index (χ0v) is 16.1. The van der Waals surface area contributed by atoms with Crippen molar-refractivity contribution in [3.63, 3.8) is 0 Å². The second-order valence-corrected chi connectivity index (χ2v) is 7.18. The molecule has 1 fully saturated rings. The number of nitrogens with one attached hydrogen (secondary N) is 1. The van der Waals surface area contributed by atoms with Crippen molar-refractivity contribution in [1.82, 2.24) is 19.9 Å². The van der Waals surface area contributed by atoms with E-state index in [9.17, 15) is 0 Å². The first kappa shape index (κ1) is 17.5. The van der Waals surface area contributed by atoms with Crippen LogP contribution in [-0.4, -0.2) is 53.2 Å². The van der Waals surface area contributed by atoms with Crippen molar-refractivity contribution in [2.24, 2.45) is 0 Å². The number of hydrogen-bond donors (Lipinski definition) is 1. The summed E-state index contributed by atoms with van der Waals surface area (Å²) in [5, 5.41) is 3.55. The van der Waals surface area contributed by atoms with Gasteiger partial charge in [-0.2, -0.15) is 0 Å². The van der Waals surface area contributed by atoms with Gasteiger partial charge in [0, 0.05) is 39.3 Å². The maximum atomic E-state index is 4.86. The Bertz CT molecular complexity index is 933. The van der Waals surface area contributed by atoms with Gasteiger partial charge < -0.3 is 15.1 Å². The Kier molecular flexibility index (Phi) is 4.75. The number of para-hydroxylation sites is 2. The van der Waals surface area contributed by atoms with Crippen molar-refractivity contribution in [3.8, 4) is 0 Å². The zero-order chi connectivity index (χ0) is 18.8. The minimum Gasteiger partial charge on any atom is -0.367 e. The molecule has 1 aliphatic heterocycles. The SMILES string of the molecule is Cc1nc2ccccc2nc1N1CCC(Nc2cc(N(C)C)ncn2)CC1. The summed E-state index contributed by atoms with van der Waals surface area (Å²) in [7, 11) is 3.97. The second-order valence-electron chi connectivity index (χ2n) is 7.18. The molecule has 3 aromatic rings. The van der Waals surface area contributed by atoms with E-state index in [0.29, 0.717) is 6.04 Å². The molecule has 7 nitrogen and oxygen atoms in total. The molecule has 0 amide bonds. The molecule has 3 heterocycles.